The molecular weight excluding hydrogens is 186 g/mol. The van der Waals surface area contributed by atoms with Crippen LogP contribution in [-0.4, -0.2) is 6.54 Å². The predicted octanol–water partition coefficient (Wildman–Crippen LogP) is 1.17. The van der Waals surface area contributed by atoms with Crippen molar-refractivity contribution in [3.63, 3.8) is 0 Å². The predicted molar refractivity (Wildman–Crippen MR) is 52.1 cm³/mol. The first-order valence-electron chi connectivity index (χ1n) is 3.84. The molecule has 0 aliphatic rings. The molecule has 0 bridgehead atoms. The second kappa shape index (κ2) is 4.24. The molecule has 1 rings (SSSR count). The van der Waals surface area contributed by atoms with E-state index < -0.39 is 0 Å². The lowest BCUT2D eigenvalue weighted by atomic mass is 10.0. The van der Waals surface area contributed by atoms with Crippen LogP contribution in [0.3, 0.4) is 0 Å². The fourth-order valence-corrected chi connectivity index (χ4v) is 1.25. The van der Waals surface area contributed by atoms with Crippen molar-refractivity contribution in [3.05, 3.63) is 34.3 Å². The molecule has 0 unspecified atom stereocenters. The van der Waals surface area contributed by atoms with Crippen LogP contribution in [0.5, 0.6) is 0 Å². The van der Waals surface area contributed by atoms with Crippen LogP contribution in [-0.2, 0) is 0 Å². The van der Waals surface area contributed by atoms with E-state index >= 15 is 0 Å². The van der Waals surface area contributed by atoms with Crippen LogP contribution in [0, 0.1) is 11.3 Å². The highest BCUT2D eigenvalue weighted by molar-refractivity contribution is 6.30. The lowest BCUT2D eigenvalue weighted by molar-refractivity contribution is 0.735. The van der Waals surface area contributed by atoms with Crippen molar-refractivity contribution >= 4 is 11.6 Å². The van der Waals surface area contributed by atoms with E-state index in [-0.39, 0.29) is 6.04 Å². The van der Waals surface area contributed by atoms with Gasteiger partial charge in [0.2, 0.25) is 0 Å². The van der Waals surface area contributed by atoms with Gasteiger partial charge in [-0.15, -0.1) is 0 Å². The van der Waals surface area contributed by atoms with Crippen LogP contribution < -0.4 is 11.5 Å². The van der Waals surface area contributed by atoms with Crippen LogP contribution in [0.2, 0.25) is 5.02 Å². The Hall–Kier alpha value is -1.08. The second-order valence-electron chi connectivity index (χ2n) is 2.69. The van der Waals surface area contributed by atoms with E-state index in [4.69, 9.17) is 28.3 Å². The summed E-state index contributed by atoms with van der Waals surface area (Å²) in [6, 6.07) is 6.76. The zero-order valence-corrected chi connectivity index (χ0v) is 7.75. The number of nitriles is 1. The first-order chi connectivity index (χ1) is 6.19. The standard InChI is InChI=1S/C9H10ClN3/c10-7-1-2-8(9(13)5-12)6(3-7)4-11/h1-3,9H,5,12-13H2/t9-/m1/s1. The number of benzene rings is 1. The van der Waals surface area contributed by atoms with Crippen molar-refractivity contribution in [2.45, 2.75) is 6.04 Å². The van der Waals surface area contributed by atoms with Gasteiger partial charge in [-0.2, -0.15) is 5.26 Å². The third-order valence-corrected chi connectivity index (χ3v) is 2.02. The molecule has 4 N–H and O–H groups in total. The minimum Gasteiger partial charge on any atom is -0.329 e. The summed E-state index contributed by atoms with van der Waals surface area (Å²) in [5.41, 5.74) is 12.3. The van der Waals surface area contributed by atoms with E-state index in [0.717, 1.165) is 5.56 Å². The van der Waals surface area contributed by atoms with E-state index in [1.165, 1.54) is 0 Å². The van der Waals surface area contributed by atoms with Gasteiger partial charge in [0.25, 0.3) is 0 Å². The highest BCUT2D eigenvalue weighted by Gasteiger charge is 2.09. The summed E-state index contributed by atoms with van der Waals surface area (Å²) in [6.45, 7) is 0.316. The topological polar surface area (TPSA) is 75.8 Å². The molecule has 0 radical (unpaired) electrons. The molecule has 1 aromatic rings. The van der Waals surface area contributed by atoms with E-state index in [2.05, 4.69) is 0 Å². The van der Waals surface area contributed by atoms with Crippen molar-refractivity contribution in [2.24, 2.45) is 11.5 Å². The molecule has 1 atom stereocenters. The Morgan fingerprint density at radius 3 is 2.77 bits per heavy atom. The molecule has 0 spiro atoms. The average molecular weight is 196 g/mol. The molecule has 1 aromatic carbocycles. The van der Waals surface area contributed by atoms with E-state index in [1.54, 1.807) is 18.2 Å². The molecular formula is C9H10ClN3. The minimum atomic E-state index is -0.299. The molecule has 13 heavy (non-hydrogen) atoms. The summed E-state index contributed by atoms with van der Waals surface area (Å²) in [7, 11) is 0. The summed E-state index contributed by atoms with van der Waals surface area (Å²) >= 11 is 5.72. The molecule has 0 aliphatic carbocycles. The van der Waals surface area contributed by atoms with Crippen molar-refractivity contribution < 1.29 is 0 Å². The zero-order chi connectivity index (χ0) is 9.84. The van der Waals surface area contributed by atoms with E-state index in [1.807, 2.05) is 6.07 Å². The highest BCUT2D eigenvalue weighted by Crippen LogP contribution is 2.19. The Morgan fingerprint density at radius 2 is 2.23 bits per heavy atom. The number of halogens is 1. The van der Waals surface area contributed by atoms with Gasteiger partial charge >= 0.3 is 0 Å². The molecule has 0 heterocycles. The molecule has 0 aliphatic heterocycles. The quantitative estimate of drug-likeness (QED) is 0.744. The van der Waals surface area contributed by atoms with Crippen LogP contribution in [0.4, 0.5) is 0 Å². The van der Waals surface area contributed by atoms with Crippen LogP contribution >= 0.6 is 11.6 Å². The zero-order valence-electron chi connectivity index (χ0n) is 7.00. The number of rotatable bonds is 2. The first kappa shape index (κ1) is 10.0. The van der Waals surface area contributed by atoms with Gasteiger partial charge in [-0.25, -0.2) is 0 Å². The molecule has 4 heteroatoms. The number of nitrogens with zero attached hydrogens (tertiary/aromatic N) is 1. The Morgan fingerprint density at radius 1 is 1.54 bits per heavy atom. The molecule has 0 fully saturated rings. The Labute approximate surface area is 81.9 Å². The number of hydrogen-bond acceptors (Lipinski definition) is 3. The van der Waals surface area contributed by atoms with Gasteiger partial charge in [-0.1, -0.05) is 17.7 Å². The SMILES string of the molecule is N#Cc1cc(Cl)ccc1[C@H](N)CN. The van der Waals surface area contributed by atoms with Gasteiger partial charge in [0, 0.05) is 17.6 Å². The maximum atomic E-state index is 8.78. The fourth-order valence-electron chi connectivity index (χ4n) is 1.08. The van der Waals surface area contributed by atoms with Crippen molar-refractivity contribution in [3.8, 4) is 6.07 Å². The van der Waals surface area contributed by atoms with Crippen LogP contribution in [0.15, 0.2) is 18.2 Å². The molecule has 68 valence electrons. The Bertz CT molecular complexity index is 343. The normalized spacial score (nSPS) is 12.2. The Kier molecular flexibility index (Phi) is 3.26. The lowest BCUT2D eigenvalue weighted by Crippen LogP contribution is -2.21. The molecule has 3 nitrogen and oxygen atoms in total. The van der Waals surface area contributed by atoms with E-state index in [0.29, 0.717) is 17.1 Å². The lowest BCUT2D eigenvalue weighted by Gasteiger charge is -2.10. The number of nitrogens with two attached hydrogens (primary N) is 2. The van der Waals surface area contributed by atoms with Gasteiger partial charge < -0.3 is 11.5 Å². The van der Waals surface area contributed by atoms with Crippen LogP contribution in [0.25, 0.3) is 0 Å². The summed E-state index contributed by atoms with van der Waals surface area (Å²) in [4.78, 5) is 0. The Balaban J connectivity index is 3.15. The molecule has 0 saturated carbocycles. The molecule has 0 saturated heterocycles. The van der Waals surface area contributed by atoms with Gasteiger partial charge in [0.1, 0.15) is 0 Å². The third kappa shape index (κ3) is 2.19. The summed E-state index contributed by atoms with van der Waals surface area (Å²) in [5.74, 6) is 0. The molecule has 0 amide bonds. The maximum absolute atomic E-state index is 8.78. The highest BCUT2D eigenvalue weighted by atomic mass is 35.5. The van der Waals surface area contributed by atoms with E-state index in [9.17, 15) is 0 Å². The van der Waals surface area contributed by atoms with Gasteiger partial charge in [-0.3, -0.25) is 0 Å². The smallest absolute Gasteiger partial charge is 0.0995 e. The summed E-state index contributed by atoms with van der Waals surface area (Å²) < 4.78 is 0. The van der Waals surface area contributed by atoms with Crippen molar-refractivity contribution in [2.75, 3.05) is 6.54 Å². The van der Waals surface area contributed by atoms with Gasteiger partial charge in [-0.05, 0) is 17.7 Å². The van der Waals surface area contributed by atoms with Crippen LogP contribution in [0.1, 0.15) is 17.2 Å². The maximum Gasteiger partial charge on any atom is 0.0995 e. The average Bonchev–Trinajstić information content (AvgIpc) is 2.16. The second-order valence-corrected chi connectivity index (χ2v) is 3.12. The largest absolute Gasteiger partial charge is 0.329 e. The minimum absolute atomic E-state index is 0.299. The monoisotopic (exact) mass is 195 g/mol. The third-order valence-electron chi connectivity index (χ3n) is 1.79. The molecule has 0 aromatic heterocycles. The van der Waals surface area contributed by atoms with Gasteiger partial charge in [0.15, 0.2) is 0 Å². The van der Waals surface area contributed by atoms with Crippen molar-refractivity contribution in [1.82, 2.24) is 0 Å². The fraction of sp³-hybridized carbons (Fsp3) is 0.222. The summed E-state index contributed by atoms with van der Waals surface area (Å²) in [6.07, 6.45) is 0. The van der Waals surface area contributed by atoms with Gasteiger partial charge in [0.05, 0.1) is 11.6 Å². The first-order valence-corrected chi connectivity index (χ1v) is 4.22. The number of hydrogen-bond donors (Lipinski definition) is 2. The summed E-state index contributed by atoms with van der Waals surface area (Å²) in [5, 5.41) is 9.31. The van der Waals surface area contributed by atoms with Crippen molar-refractivity contribution in [1.29, 1.82) is 5.26 Å².